The van der Waals surface area contributed by atoms with Crippen LogP contribution in [-0.2, 0) is 35.3 Å². The minimum atomic E-state index is -0.839. The normalized spacial score (nSPS) is 12.4. The highest BCUT2D eigenvalue weighted by atomic mass is 16.7. The van der Waals surface area contributed by atoms with Crippen LogP contribution >= 0.6 is 0 Å². The minimum Gasteiger partial charge on any atom is -0.508 e. The Morgan fingerprint density at radius 1 is 0.758 bits per heavy atom. The number of hydrogen-bond acceptors (Lipinski definition) is 6. The molecule has 0 saturated heterocycles. The summed E-state index contributed by atoms with van der Waals surface area (Å²) in [6.45, 7) is 14.8. The lowest BCUT2D eigenvalue weighted by Gasteiger charge is -2.33. The number of carbonyl (C=O) groups excluding carboxylic acids is 2. The molecule has 33 heavy (non-hydrogen) atoms. The SMILES string of the molecule is CC(=O)OCOC(=O)CC(C)(c1ccc(O)c(C(C)(C)C)c1)c1ccc(O)c(C(C)(C)C)c1. The van der Waals surface area contributed by atoms with Crippen molar-refractivity contribution in [3.63, 3.8) is 0 Å². The molecule has 0 atom stereocenters. The van der Waals surface area contributed by atoms with E-state index >= 15 is 0 Å². The van der Waals surface area contributed by atoms with Crippen molar-refractivity contribution in [2.75, 3.05) is 6.79 Å². The van der Waals surface area contributed by atoms with Crippen LogP contribution in [0, 0.1) is 0 Å². The van der Waals surface area contributed by atoms with Gasteiger partial charge in [0.2, 0.25) is 6.79 Å². The van der Waals surface area contributed by atoms with Crippen LogP contribution in [0.2, 0.25) is 0 Å². The van der Waals surface area contributed by atoms with E-state index in [0.717, 1.165) is 22.3 Å². The second kappa shape index (κ2) is 9.46. The lowest BCUT2D eigenvalue weighted by Crippen LogP contribution is -2.30. The fourth-order valence-corrected chi connectivity index (χ4v) is 3.85. The van der Waals surface area contributed by atoms with E-state index in [1.165, 1.54) is 6.92 Å². The maximum atomic E-state index is 12.8. The zero-order valence-electron chi connectivity index (χ0n) is 20.9. The molecule has 6 nitrogen and oxygen atoms in total. The Bertz CT molecular complexity index is 960. The molecule has 0 aliphatic heterocycles. The van der Waals surface area contributed by atoms with E-state index in [0.29, 0.717) is 0 Å². The van der Waals surface area contributed by atoms with E-state index < -0.39 is 24.1 Å². The van der Waals surface area contributed by atoms with Crippen molar-refractivity contribution in [2.24, 2.45) is 0 Å². The molecule has 0 unspecified atom stereocenters. The van der Waals surface area contributed by atoms with Crippen LogP contribution in [0.1, 0.15) is 84.1 Å². The predicted octanol–water partition coefficient (Wildman–Crippen LogP) is 5.45. The first-order valence-corrected chi connectivity index (χ1v) is 11.0. The van der Waals surface area contributed by atoms with Crippen molar-refractivity contribution in [3.05, 3.63) is 58.7 Å². The maximum Gasteiger partial charge on any atom is 0.309 e. The lowest BCUT2D eigenvalue weighted by atomic mass is 9.70. The number of phenolic OH excluding ortho intramolecular Hbond substituents is 2. The van der Waals surface area contributed by atoms with Crippen LogP contribution in [-0.4, -0.2) is 28.9 Å². The quantitative estimate of drug-likeness (QED) is 0.443. The number of carbonyl (C=O) groups is 2. The fraction of sp³-hybridized carbons (Fsp3) is 0.481. The van der Waals surface area contributed by atoms with Gasteiger partial charge in [-0.05, 0) is 45.2 Å². The third-order valence-electron chi connectivity index (χ3n) is 5.86. The third-order valence-corrected chi connectivity index (χ3v) is 5.86. The Morgan fingerprint density at radius 2 is 1.18 bits per heavy atom. The molecule has 0 amide bonds. The topological polar surface area (TPSA) is 93.1 Å². The molecule has 0 fully saturated rings. The van der Waals surface area contributed by atoms with Crippen LogP contribution in [0.5, 0.6) is 11.5 Å². The second-order valence-electron chi connectivity index (χ2n) is 10.7. The van der Waals surface area contributed by atoms with Gasteiger partial charge in [-0.1, -0.05) is 72.7 Å². The van der Waals surface area contributed by atoms with E-state index in [1.54, 1.807) is 24.3 Å². The summed E-state index contributed by atoms with van der Waals surface area (Å²) in [7, 11) is 0. The van der Waals surface area contributed by atoms with Gasteiger partial charge < -0.3 is 19.7 Å². The molecular weight excluding hydrogens is 420 g/mol. The standard InChI is InChI=1S/C27H36O6/c1-17(28)32-16-33-24(31)15-27(8,18-9-11-22(29)20(13-18)25(2,3)4)19-10-12-23(30)21(14-19)26(5,6)7/h9-14,29-30H,15-16H2,1-8H3. The smallest absolute Gasteiger partial charge is 0.309 e. The molecule has 0 saturated carbocycles. The summed E-state index contributed by atoms with van der Waals surface area (Å²) in [6.07, 6.45) is -0.0308. The summed E-state index contributed by atoms with van der Waals surface area (Å²) < 4.78 is 9.90. The summed E-state index contributed by atoms with van der Waals surface area (Å²) in [5.74, 6) is -0.693. The first-order valence-electron chi connectivity index (χ1n) is 11.0. The molecule has 0 heterocycles. The van der Waals surface area contributed by atoms with Gasteiger partial charge >= 0.3 is 11.9 Å². The van der Waals surface area contributed by atoms with E-state index in [-0.39, 0.29) is 28.7 Å². The lowest BCUT2D eigenvalue weighted by molar-refractivity contribution is -0.166. The Hall–Kier alpha value is -3.02. The van der Waals surface area contributed by atoms with E-state index in [4.69, 9.17) is 9.47 Å². The van der Waals surface area contributed by atoms with Crippen LogP contribution in [0.15, 0.2) is 36.4 Å². The van der Waals surface area contributed by atoms with Crippen LogP contribution in [0.25, 0.3) is 0 Å². The van der Waals surface area contributed by atoms with Crippen molar-refractivity contribution in [3.8, 4) is 11.5 Å². The first-order chi connectivity index (χ1) is 15.1. The van der Waals surface area contributed by atoms with Gasteiger partial charge in [-0.15, -0.1) is 0 Å². The second-order valence-corrected chi connectivity index (χ2v) is 10.7. The molecule has 0 aromatic heterocycles. The van der Waals surface area contributed by atoms with Gasteiger partial charge in [0.25, 0.3) is 0 Å². The zero-order valence-corrected chi connectivity index (χ0v) is 20.9. The Balaban J connectivity index is 2.63. The summed E-state index contributed by atoms with van der Waals surface area (Å²) in [4.78, 5) is 23.8. The molecule has 2 N–H and O–H groups in total. The highest BCUT2D eigenvalue weighted by molar-refractivity contribution is 5.73. The highest BCUT2D eigenvalue weighted by Gasteiger charge is 2.35. The Morgan fingerprint density at radius 3 is 1.55 bits per heavy atom. The summed E-state index contributed by atoms with van der Waals surface area (Å²) in [6, 6.07) is 10.7. The van der Waals surface area contributed by atoms with Gasteiger partial charge in [-0.3, -0.25) is 9.59 Å². The molecule has 0 aliphatic carbocycles. The molecule has 0 radical (unpaired) electrons. The fourth-order valence-electron chi connectivity index (χ4n) is 3.85. The number of phenols is 2. The van der Waals surface area contributed by atoms with Crippen molar-refractivity contribution >= 4 is 11.9 Å². The van der Waals surface area contributed by atoms with Gasteiger partial charge in [-0.2, -0.15) is 0 Å². The van der Waals surface area contributed by atoms with Gasteiger partial charge in [0.15, 0.2) is 0 Å². The average Bonchev–Trinajstić information content (AvgIpc) is 2.66. The molecule has 2 aromatic rings. The summed E-state index contributed by atoms with van der Waals surface area (Å²) in [5.41, 5.74) is 1.68. The van der Waals surface area contributed by atoms with Crippen LogP contribution in [0.4, 0.5) is 0 Å². The molecule has 0 aliphatic rings. The van der Waals surface area contributed by atoms with E-state index in [9.17, 15) is 19.8 Å². The Kier molecular flexibility index (Phi) is 7.52. The Labute approximate surface area is 196 Å². The molecular formula is C27H36O6. The largest absolute Gasteiger partial charge is 0.508 e. The van der Waals surface area contributed by atoms with E-state index in [2.05, 4.69) is 0 Å². The molecule has 6 heteroatoms. The molecule has 2 aromatic carbocycles. The highest BCUT2D eigenvalue weighted by Crippen LogP contribution is 2.42. The van der Waals surface area contributed by atoms with Gasteiger partial charge in [0.1, 0.15) is 11.5 Å². The zero-order chi connectivity index (χ0) is 25.2. The first kappa shape index (κ1) is 26.2. The number of ether oxygens (including phenoxy) is 2. The minimum absolute atomic E-state index is 0.0308. The summed E-state index contributed by atoms with van der Waals surface area (Å²) in [5, 5.41) is 20.9. The number of benzene rings is 2. The third kappa shape index (κ3) is 6.28. The summed E-state index contributed by atoms with van der Waals surface area (Å²) >= 11 is 0. The maximum absolute atomic E-state index is 12.8. The van der Waals surface area contributed by atoms with E-state index in [1.807, 2.05) is 60.6 Å². The number of rotatable bonds is 6. The van der Waals surface area contributed by atoms with Crippen LogP contribution < -0.4 is 0 Å². The number of esters is 2. The van der Waals surface area contributed by atoms with Crippen molar-refractivity contribution in [1.29, 1.82) is 0 Å². The van der Waals surface area contributed by atoms with Crippen molar-refractivity contribution < 1.29 is 29.3 Å². The van der Waals surface area contributed by atoms with Gasteiger partial charge in [0, 0.05) is 12.3 Å². The molecule has 0 spiro atoms. The molecule has 0 bridgehead atoms. The molecule has 180 valence electrons. The number of aromatic hydroxyl groups is 2. The predicted molar refractivity (Wildman–Crippen MR) is 127 cm³/mol. The monoisotopic (exact) mass is 456 g/mol. The van der Waals surface area contributed by atoms with Crippen LogP contribution in [0.3, 0.4) is 0 Å². The molecule has 2 rings (SSSR count). The van der Waals surface area contributed by atoms with Crippen molar-refractivity contribution in [2.45, 2.75) is 78.1 Å². The number of hydrogen-bond donors (Lipinski definition) is 2. The van der Waals surface area contributed by atoms with Gasteiger partial charge in [-0.25, -0.2) is 0 Å². The average molecular weight is 457 g/mol. The van der Waals surface area contributed by atoms with Crippen molar-refractivity contribution in [1.82, 2.24) is 0 Å². The van der Waals surface area contributed by atoms with Gasteiger partial charge in [0.05, 0.1) is 6.42 Å².